The molecule has 0 aliphatic carbocycles. The van der Waals surface area contributed by atoms with E-state index in [9.17, 15) is 29.7 Å². The first-order chi connectivity index (χ1) is 7.99. The summed E-state index contributed by atoms with van der Waals surface area (Å²) in [5.41, 5.74) is -3.77. The molecule has 0 amide bonds. The van der Waals surface area contributed by atoms with Gasteiger partial charge in [-0.3, -0.25) is 4.79 Å². The topological polar surface area (TPSA) is 127 Å². The number of carboxylic acid groups (broad SMARTS) is 2. The van der Waals surface area contributed by atoms with Crippen molar-refractivity contribution < 1.29 is 72.2 Å². The summed E-state index contributed by atoms with van der Waals surface area (Å²) in [7, 11) is 0. The summed E-state index contributed by atoms with van der Waals surface area (Å²) in [6, 6.07) is 0. The Morgan fingerprint density at radius 1 is 1.05 bits per heavy atom. The Morgan fingerprint density at radius 2 is 1.45 bits per heavy atom. The SMILES string of the molecule is CC(C)(C)OC(=O)CCCC(O)(C(=O)[O-])C(=O)[O-].[Li+].[Li+]. The van der Waals surface area contributed by atoms with E-state index in [0.717, 1.165) is 0 Å². The maximum atomic E-state index is 11.3. The predicted molar refractivity (Wildman–Crippen MR) is 54.7 cm³/mol. The second-order valence-electron chi connectivity index (χ2n) is 4.88. The summed E-state index contributed by atoms with van der Waals surface area (Å²) in [6.45, 7) is 4.97. The molecule has 0 aliphatic heterocycles. The van der Waals surface area contributed by atoms with Crippen molar-refractivity contribution in [2.75, 3.05) is 0 Å². The molecule has 0 atom stereocenters. The Labute approximate surface area is 141 Å². The average molecular weight is 274 g/mol. The zero-order chi connectivity index (χ0) is 14.6. The van der Waals surface area contributed by atoms with E-state index >= 15 is 0 Å². The Morgan fingerprint density at radius 3 is 1.75 bits per heavy atom. The fraction of sp³-hybridized carbons (Fsp3) is 0.727. The molecule has 0 rings (SSSR count). The molecule has 1 N–H and O–H groups in total. The van der Waals surface area contributed by atoms with E-state index in [1.165, 1.54) is 0 Å². The van der Waals surface area contributed by atoms with Crippen LogP contribution in [0.3, 0.4) is 0 Å². The Hall–Kier alpha value is -0.435. The van der Waals surface area contributed by atoms with Crippen LogP contribution in [0.5, 0.6) is 0 Å². The predicted octanol–water partition coefficient (Wildman–Crippen LogP) is -8.26. The van der Waals surface area contributed by atoms with Crippen LogP contribution < -0.4 is 47.9 Å². The molecule has 7 nitrogen and oxygen atoms in total. The molecule has 0 heterocycles. The van der Waals surface area contributed by atoms with E-state index in [4.69, 9.17) is 4.74 Å². The van der Waals surface area contributed by atoms with Crippen LogP contribution in [0.2, 0.25) is 0 Å². The third-order valence-electron chi connectivity index (χ3n) is 2.01. The van der Waals surface area contributed by atoms with E-state index in [2.05, 4.69) is 0 Å². The standard InChI is InChI=1S/C11H18O7.2Li/c1-10(2,3)18-7(12)5-4-6-11(17,8(13)14)9(15)16;;/h17H,4-6H2,1-3H3,(H,13,14)(H,15,16);;/q;2*+1/p-2. The first-order valence-electron chi connectivity index (χ1n) is 5.36. The number of carbonyl (C=O) groups excluding carboxylic acids is 3. The number of carboxylic acids is 2. The van der Waals surface area contributed by atoms with Gasteiger partial charge in [-0.15, -0.1) is 0 Å². The van der Waals surface area contributed by atoms with Crippen LogP contribution in [0.1, 0.15) is 40.0 Å². The number of rotatable bonds is 6. The molecule has 0 fully saturated rings. The zero-order valence-electron chi connectivity index (χ0n) is 12.5. The summed E-state index contributed by atoms with van der Waals surface area (Å²) < 4.78 is 4.93. The Balaban J connectivity index is -0.00000144. The molecule has 9 heteroatoms. The van der Waals surface area contributed by atoms with Gasteiger partial charge < -0.3 is 29.6 Å². The van der Waals surface area contributed by atoms with Crippen molar-refractivity contribution in [2.45, 2.75) is 51.2 Å². The van der Waals surface area contributed by atoms with Gasteiger partial charge >= 0.3 is 43.7 Å². The number of ether oxygens (including phenoxy) is 1. The fourth-order valence-electron chi connectivity index (χ4n) is 1.17. The van der Waals surface area contributed by atoms with Crippen molar-refractivity contribution in [1.82, 2.24) is 0 Å². The Bertz CT molecular complexity index is 335. The van der Waals surface area contributed by atoms with Crippen LogP contribution in [-0.2, 0) is 19.1 Å². The molecule has 20 heavy (non-hydrogen) atoms. The van der Waals surface area contributed by atoms with Crippen LogP contribution in [-0.4, -0.2) is 34.2 Å². The Kier molecular flexibility index (Phi) is 11.7. The van der Waals surface area contributed by atoms with E-state index < -0.39 is 35.5 Å². The van der Waals surface area contributed by atoms with Crippen LogP contribution in [0, 0.1) is 0 Å². The second-order valence-corrected chi connectivity index (χ2v) is 4.88. The van der Waals surface area contributed by atoms with Gasteiger partial charge in [-0.1, -0.05) is 0 Å². The molecule has 0 aromatic carbocycles. The van der Waals surface area contributed by atoms with Gasteiger partial charge in [0.25, 0.3) is 0 Å². The third-order valence-corrected chi connectivity index (χ3v) is 2.01. The van der Waals surface area contributed by atoms with Gasteiger partial charge in [0.2, 0.25) is 0 Å². The molecule has 0 aromatic rings. The number of hydrogen-bond acceptors (Lipinski definition) is 7. The summed E-state index contributed by atoms with van der Waals surface area (Å²) >= 11 is 0. The van der Waals surface area contributed by atoms with Crippen molar-refractivity contribution in [1.29, 1.82) is 0 Å². The van der Waals surface area contributed by atoms with Gasteiger partial charge in [0.1, 0.15) is 11.2 Å². The number of aliphatic hydroxyl groups is 1. The quantitative estimate of drug-likeness (QED) is 0.289. The van der Waals surface area contributed by atoms with Crippen LogP contribution >= 0.6 is 0 Å². The molecule has 104 valence electrons. The van der Waals surface area contributed by atoms with Crippen LogP contribution in [0.4, 0.5) is 0 Å². The van der Waals surface area contributed by atoms with Crippen molar-refractivity contribution in [3.8, 4) is 0 Å². The largest absolute Gasteiger partial charge is 1.00 e. The first-order valence-corrected chi connectivity index (χ1v) is 5.36. The summed E-state index contributed by atoms with van der Waals surface area (Å²) in [5.74, 6) is -4.93. The molecule has 0 unspecified atom stereocenters. The molecule has 0 saturated heterocycles. The van der Waals surface area contributed by atoms with Crippen LogP contribution in [0.15, 0.2) is 0 Å². The molecule has 0 saturated carbocycles. The maximum absolute atomic E-state index is 11.3. The van der Waals surface area contributed by atoms with Crippen molar-refractivity contribution in [3.05, 3.63) is 0 Å². The fourth-order valence-corrected chi connectivity index (χ4v) is 1.17. The van der Waals surface area contributed by atoms with Gasteiger partial charge in [0, 0.05) is 6.42 Å². The minimum Gasteiger partial charge on any atom is -0.547 e. The minimum atomic E-state index is -3.08. The van der Waals surface area contributed by atoms with Gasteiger partial charge in [-0.2, -0.15) is 0 Å². The number of aliphatic carboxylic acids is 2. The number of esters is 1. The van der Waals surface area contributed by atoms with Crippen molar-refractivity contribution in [3.63, 3.8) is 0 Å². The number of hydrogen-bond donors (Lipinski definition) is 1. The number of carbonyl (C=O) groups is 3. The van der Waals surface area contributed by atoms with Gasteiger partial charge in [-0.05, 0) is 33.6 Å². The summed E-state index contributed by atoms with van der Waals surface area (Å²) in [6.07, 6.45) is -1.07. The van der Waals surface area contributed by atoms with Gasteiger partial charge in [-0.25, -0.2) is 0 Å². The van der Waals surface area contributed by atoms with E-state index in [1.54, 1.807) is 20.8 Å². The maximum Gasteiger partial charge on any atom is 1.00 e. The third kappa shape index (κ3) is 8.68. The molecular formula is C11H16Li2O7. The summed E-state index contributed by atoms with van der Waals surface area (Å²) in [5, 5.41) is 30.2. The van der Waals surface area contributed by atoms with Crippen molar-refractivity contribution >= 4 is 17.9 Å². The van der Waals surface area contributed by atoms with E-state index in [1.807, 2.05) is 0 Å². The smallest absolute Gasteiger partial charge is 0.547 e. The summed E-state index contributed by atoms with van der Waals surface area (Å²) in [4.78, 5) is 32.2. The van der Waals surface area contributed by atoms with E-state index in [-0.39, 0.29) is 50.6 Å². The molecule has 0 spiro atoms. The second kappa shape index (κ2) is 9.49. The molecular weight excluding hydrogens is 258 g/mol. The van der Waals surface area contributed by atoms with Crippen molar-refractivity contribution in [2.24, 2.45) is 0 Å². The molecule has 0 bridgehead atoms. The van der Waals surface area contributed by atoms with Gasteiger partial charge in [0.05, 0.1) is 11.9 Å². The average Bonchev–Trinajstić information content (AvgIpc) is 2.13. The molecule has 0 aliphatic rings. The van der Waals surface area contributed by atoms with Gasteiger partial charge in [0.15, 0.2) is 0 Å². The van der Waals surface area contributed by atoms with Crippen LogP contribution in [0.25, 0.3) is 0 Å². The monoisotopic (exact) mass is 274 g/mol. The normalized spacial score (nSPS) is 10.8. The molecule has 0 radical (unpaired) electrons. The minimum absolute atomic E-state index is 0. The van der Waals surface area contributed by atoms with E-state index in [0.29, 0.717) is 0 Å². The zero-order valence-corrected chi connectivity index (χ0v) is 12.5. The first kappa shape index (κ1) is 24.6. The molecule has 0 aromatic heterocycles.